The number of halogens is 4. The van der Waals surface area contributed by atoms with Gasteiger partial charge in [-0.25, -0.2) is 4.98 Å². The molecule has 1 aromatic heterocycles. The predicted molar refractivity (Wildman–Crippen MR) is 66.8 cm³/mol. The fourth-order valence-electron chi connectivity index (χ4n) is 1.34. The number of thiazole rings is 1. The van der Waals surface area contributed by atoms with Gasteiger partial charge in [0.1, 0.15) is 10.8 Å². The summed E-state index contributed by atoms with van der Waals surface area (Å²) in [7, 11) is 1.52. The molecular weight excluding hydrogens is 331 g/mol. The highest BCUT2D eigenvalue weighted by atomic mass is 79.9. The second kappa shape index (κ2) is 4.89. The van der Waals surface area contributed by atoms with Crippen LogP contribution in [-0.4, -0.2) is 12.1 Å². The zero-order valence-corrected chi connectivity index (χ0v) is 11.5. The molecule has 18 heavy (non-hydrogen) atoms. The number of ether oxygens (including phenoxy) is 1. The molecule has 0 unspecified atom stereocenters. The van der Waals surface area contributed by atoms with Crippen molar-refractivity contribution in [2.45, 2.75) is 6.18 Å². The first kappa shape index (κ1) is 13.4. The van der Waals surface area contributed by atoms with Crippen molar-refractivity contribution in [2.24, 2.45) is 0 Å². The van der Waals surface area contributed by atoms with Gasteiger partial charge in [-0.05, 0) is 34.1 Å². The molecule has 96 valence electrons. The number of rotatable bonds is 2. The zero-order valence-electron chi connectivity index (χ0n) is 9.08. The Morgan fingerprint density at radius 1 is 1.33 bits per heavy atom. The number of hydrogen-bond donors (Lipinski definition) is 0. The summed E-state index contributed by atoms with van der Waals surface area (Å²) in [5.74, 6) is 0.617. The number of nitrogens with zero attached hydrogens (tertiary/aromatic N) is 1. The Morgan fingerprint density at radius 3 is 2.56 bits per heavy atom. The number of methoxy groups -OCH3 is 1. The van der Waals surface area contributed by atoms with Crippen molar-refractivity contribution < 1.29 is 17.9 Å². The van der Waals surface area contributed by atoms with Gasteiger partial charge in [-0.15, -0.1) is 11.3 Å². The van der Waals surface area contributed by atoms with Crippen molar-refractivity contribution in [3.8, 4) is 16.3 Å². The molecule has 0 aliphatic carbocycles. The minimum atomic E-state index is -4.40. The number of alkyl halides is 3. The zero-order chi connectivity index (χ0) is 13.3. The highest BCUT2D eigenvalue weighted by molar-refractivity contribution is 9.10. The van der Waals surface area contributed by atoms with Crippen LogP contribution in [0.5, 0.6) is 5.75 Å². The van der Waals surface area contributed by atoms with Crippen molar-refractivity contribution in [3.63, 3.8) is 0 Å². The molecule has 0 bridgehead atoms. The molecule has 2 rings (SSSR count). The maximum absolute atomic E-state index is 12.4. The molecule has 2 aromatic rings. The smallest absolute Gasteiger partial charge is 0.434 e. The van der Waals surface area contributed by atoms with Gasteiger partial charge in [0.2, 0.25) is 0 Å². The van der Waals surface area contributed by atoms with Gasteiger partial charge in [0.15, 0.2) is 5.69 Å². The van der Waals surface area contributed by atoms with E-state index < -0.39 is 11.9 Å². The maximum Gasteiger partial charge on any atom is 0.434 e. The Kier molecular flexibility index (Phi) is 3.63. The number of hydrogen-bond acceptors (Lipinski definition) is 3. The first-order valence-electron chi connectivity index (χ1n) is 4.78. The van der Waals surface area contributed by atoms with E-state index in [1.165, 1.54) is 7.11 Å². The molecular formula is C11H7BrF3NOS. The van der Waals surface area contributed by atoms with Crippen molar-refractivity contribution in [1.29, 1.82) is 0 Å². The Morgan fingerprint density at radius 2 is 2.06 bits per heavy atom. The fourth-order valence-corrected chi connectivity index (χ4v) is 2.70. The summed E-state index contributed by atoms with van der Waals surface area (Å²) in [6, 6.07) is 5.02. The van der Waals surface area contributed by atoms with Crippen LogP contribution < -0.4 is 4.74 Å². The molecule has 0 radical (unpaired) electrons. The van der Waals surface area contributed by atoms with E-state index in [2.05, 4.69) is 20.9 Å². The van der Waals surface area contributed by atoms with Gasteiger partial charge in [-0.1, -0.05) is 0 Å². The SMILES string of the molecule is COc1ccc(-c2nc(C(F)(F)F)cs2)cc1Br. The van der Waals surface area contributed by atoms with Crippen molar-refractivity contribution in [3.05, 3.63) is 33.7 Å². The molecule has 0 saturated carbocycles. The quantitative estimate of drug-likeness (QED) is 0.798. The lowest BCUT2D eigenvalue weighted by Gasteiger charge is -2.04. The van der Waals surface area contributed by atoms with Crippen LogP contribution >= 0.6 is 27.3 Å². The summed E-state index contributed by atoms with van der Waals surface area (Å²) in [4.78, 5) is 3.58. The average molecular weight is 338 g/mol. The van der Waals surface area contributed by atoms with E-state index in [0.29, 0.717) is 20.8 Å². The molecule has 0 N–H and O–H groups in total. The van der Waals surface area contributed by atoms with Gasteiger partial charge < -0.3 is 4.74 Å². The highest BCUT2D eigenvalue weighted by Crippen LogP contribution is 2.35. The number of benzene rings is 1. The molecule has 0 saturated heterocycles. The Hall–Kier alpha value is -1.08. The van der Waals surface area contributed by atoms with Gasteiger partial charge in [-0.3, -0.25) is 0 Å². The van der Waals surface area contributed by atoms with Crippen LogP contribution in [0.3, 0.4) is 0 Å². The number of aromatic nitrogens is 1. The van der Waals surface area contributed by atoms with Gasteiger partial charge in [0, 0.05) is 10.9 Å². The van der Waals surface area contributed by atoms with E-state index in [4.69, 9.17) is 4.74 Å². The molecule has 2 nitrogen and oxygen atoms in total. The van der Waals surface area contributed by atoms with Crippen LogP contribution in [0.15, 0.2) is 28.1 Å². The van der Waals surface area contributed by atoms with E-state index in [0.717, 1.165) is 16.7 Å². The van der Waals surface area contributed by atoms with Crippen LogP contribution in [0.25, 0.3) is 10.6 Å². The van der Waals surface area contributed by atoms with E-state index in [1.807, 2.05) is 0 Å². The third-order valence-electron chi connectivity index (χ3n) is 2.19. The van der Waals surface area contributed by atoms with Gasteiger partial charge in [-0.2, -0.15) is 13.2 Å². The second-order valence-electron chi connectivity index (χ2n) is 3.38. The normalized spacial score (nSPS) is 11.6. The minimum Gasteiger partial charge on any atom is -0.496 e. The van der Waals surface area contributed by atoms with E-state index in [9.17, 15) is 13.2 Å². The molecule has 7 heteroatoms. The summed E-state index contributed by atoms with van der Waals surface area (Å²) < 4.78 is 43.0. The Balaban J connectivity index is 2.38. The highest BCUT2D eigenvalue weighted by Gasteiger charge is 2.33. The maximum atomic E-state index is 12.4. The predicted octanol–water partition coefficient (Wildman–Crippen LogP) is 4.60. The van der Waals surface area contributed by atoms with Crippen LogP contribution in [-0.2, 0) is 6.18 Å². The summed E-state index contributed by atoms with van der Waals surface area (Å²) in [5.41, 5.74) is -0.252. The summed E-state index contributed by atoms with van der Waals surface area (Å²) in [6.45, 7) is 0. The Labute approximate surface area is 114 Å². The first-order valence-corrected chi connectivity index (χ1v) is 6.45. The monoisotopic (exact) mass is 337 g/mol. The van der Waals surface area contributed by atoms with Gasteiger partial charge in [0.05, 0.1) is 11.6 Å². The molecule has 0 spiro atoms. The first-order chi connectivity index (χ1) is 8.41. The molecule has 0 aliphatic heterocycles. The van der Waals surface area contributed by atoms with Crippen LogP contribution in [0.2, 0.25) is 0 Å². The van der Waals surface area contributed by atoms with E-state index in [1.54, 1.807) is 18.2 Å². The standard InChI is InChI=1S/C11H7BrF3NOS/c1-17-8-3-2-6(4-7(8)12)10-16-9(5-18-10)11(13,14)15/h2-5H,1H3. The van der Waals surface area contributed by atoms with Crippen molar-refractivity contribution in [1.82, 2.24) is 4.98 Å². The summed E-state index contributed by atoms with van der Waals surface area (Å²) in [5, 5.41) is 1.33. The summed E-state index contributed by atoms with van der Waals surface area (Å²) >= 11 is 4.24. The van der Waals surface area contributed by atoms with E-state index in [-0.39, 0.29) is 0 Å². The molecule has 0 amide bonds. The Bertz CT molecular complexity index is 568. The molecule has 0 fully saturated rings. The molecule has 1 aromatic carbocycles. The van der Waals surface area contributed by atoms with Crippen molar-refractivity contribution in [2.75, 3.05) is 7.11 Å². The molecule has 1 heterocycles. The van der Waals surface area contributed by atoms with E-state index >= 15 is 0 Å². The van der Waals surface area contributed by atoms with Gasteiger partial charge >= 0.3 is 6.18 Å². The van der Waals surface area contributed by atoms with Crippen LogP contribution in [0, 0.1) is 0 Å². The summed E-state index contributed by atoms with van der Waals surface area (Å²) in [6.07, 6.45) is -4.40. The minimum absolute atomic E-state index is 0.325. The second-order valence-corrected chi connectivity index (χ2v) is 5.10. The third kappa shape index (κ3) is 2.67. The lowest BCUT2D eigenvalue weighted by molar-refractivity contribution is -0.140. The lowest BCUT2D eigenvalue weighted by Crippen LogP contribution is -2.04. The fraction of sp³-hybridized carbons (Fsp3) is 0.182. The average Bonchev–Trinajstić information content (AvgIpc) is 2.77. The molecule has 0 aliphatic rings. The third-order valence-corrected chi connectivity index (χ3v) is 3.70. The largest absolute Gasteiger partial charge is 0.496 e. The van der Waals surface area contributed by atoms with Crippen molar-refractivity contribution >= 4 is 27.3 Å². The van der Waals surface area contributed by atoms with Crippen LogP contribution in [0.4, 0.5) is 13.2 Å². The lowest BCUT2D eigenvalue weighted by atomic mass is 10.2. The topological polar surface area (TPSA) is 22.1 Å². The molecule has 0 atom stereocenters. The van der Waals surface area contributed by atoms with Gasteiger partial charge in [0.25, 0.3) is 0 Å². The van der Waals surface area contributed by atoms with Crippen LogP contribution in [0.1, 0.15) is 5.69 Å².